The third kappa shape index (κ3) is 3.63. The van der Waals surface area contributed by atoms with Gasteiger partial charge in [0, 0.05) is 5.56 Å². The zero-order valence-electron chi connectivity index (χ0n) is 15.1. The van der Waals surface area contributed by atoms with Crippen LogP contribution in [0, 0.1) is 0 Å². The number of nitrogens with one attached hydrogen (secondary N) is 1. The van der Waals surface area contributed by atoms with Crippen molar-refractivity contribution in [2.24, 2.45) is 5.10 Å². The first-order valence-corrected chi connectivity index (χ1v) is 8.27. The standard InChI is InChI=1S/C19H17N3O6/c1-11(18(24)25)28-16-12(6-5-9-15(16)27-2)10-20-22-17(23)13-7-3-4-8-14(13)21-19(22)26/h3-11H,1-2H3,(H,21,26)(H,24,25)/t11-/m0/s1. The summed E-state index contributed by atoms with van der Waals surface area (Å²) in [5, 5.41) is 13.4. The molecule has 0 bridgehead atoms. The Morgan fingerprint density at radius 2 is 1.96 bits per heavy atom. The van der Waals surface area contributed by atoms with Crippen LogP contribution in [0.5, 0.6) is 11.5 Å². The molecule has 0 aliphatic carbocycles. The molecule has 1 atom stereocenters. The lowest BCUT2D eigenvalue weighted by Gasteiger charge is -2.15. The Labute approximate surface area is 158 Å². The Kier molecular flexibility index (Phi) is 5.25. The molecular weight excluding hydrogens is 366 g/mol. The van der Waals surface area contributed by atoms with Gasteiger partial charge in [-0.1, -0.05) is 18.2 Å². The van der Waals surface area contributed by atoms with Crippen LogP contribution in [0.15, 0.2) is 57.2 Å². The van der Waals surface area contributed by atoms with Crippen molar-refractivity contribution in [1.82, 2.24) is 9.66 Å². The highest BCUT2D eigenvalue weighted by Gasteiger charge is 2.18. The first-order chi connectivity index (χ1) is 13.4. The van der Waals surface area contributed by atoms with Crippen LogP contribution in [0.3, 0.4) is 0 Å². The number of hydrogen-bond donors (Lipinski definition) is 2. The summed E-state index contributed by atoms with van der Waals surface area (Å²) in [6.45, 7) is 1.37. The number of fused-ring (bicyclic) bond motifs is 1. The van der Waals surface area contributed by atoms with Gasteiger partial charge in [0.25, 0.3) is 5.56 Å². The van der Waals surface area contributed by atoms with Crippen molar-refractivity contribution >= 4 is 23.1 Å². The summed E-state index contributed by atoms with van der Waals surface area (Å²) in [6, 6.07) is 11.4. The minimum Gasteiger partial charge on any atom is -0.493 e. The van der Waals surface area contributed by atoms with Crippen LogP contribution in [-0.2, 0) is 4.79 Å². The second-order valence-corrected chi connectivity index (χ2v) is 5.81. The molecule has 0 fully saturated rings. The minimum absolute atomic E-state index is 0.133. The quantitative estimate of drug-likeness (QED) is 0.621. The molecule has 0 aliphatic rings. The van der Waals surface area contributed by atoms with Gasteiger partial charge in [-0.15, -0.1) is 4.68 Å². The van der Waals surface area contributed by atoms with Crippen molar-refractivity contribution in [1.29, 1.82) is 0 Å². The number of carboxylic acids is 1. The van der Waals surface area contributed by atoms with Gasteiger partial charge in [0.15, 0.2) is 17.6 Å². The Morgan fingerprint density at radius 1 is 1.21 bits per heavy atom. The van der Waals surface area contributed by atoms with Gasteiger partial charge in [0.05, 0.1) is 24.2 Å². The van der Waals surface area contributed by atoms with Crippen LogP contribution in [-0.4, -0.2) is 40.2 Å². The lowest BCUT2D eigenvalue weighted by Crippen LogP contribution is -2.32. The highest BCUT2D eigenvalue weighted by Crippen LogP contribution is 2.31. The fourth-order valence-electron chi connectivity index (χ4n) is 2.53. The number of benzene rings is 2. The summed E-state index contributed by atoms with van der Waals surface area (Å²) in [6.07, 6.45) is 0.0907. The van der Waals surface area contributed by atoms with Crippen LogP contribution < -0.4 is 20.7 Å². The van der Waals surface area contributed by atoms with E-state index in [1.807, 2.05) is 0 Å². The SMILES string of the molecule is COc1cccc(C=Nn2c(=O)[nH]c3ccccc3c2=O)c1O[C@@H](C)C(=O)O. The molecule has 0 saturated heterocycles. The van der Waals surface area contributed by atoms with Gasteiger partial charge in [-0.2, -0.15) is 5.10 Å². The van der Waals surface area contributed by atoms with Gasteiger partial charge < -0.3 is 19.6 Å². The number of ether oxygens (including phenoxy) is 2. The molecule has 9 nitrogen and oxygen atoms in total. The number of rotatable bonds is 6. The van der Waals surface area contributed by atoms with Gasteiger partial charge in [0.2, 0.25) is 0 Å². The fourth-order valence-corrected chi connectivity index (χ4v) is 2.53. The van der Waals surface area contributed by atoms with Crippen LogP contribution >= 0.6 is 0 Å². The molecule has 0 unspecified atom stereocenters. The number of para-hydroxylation sites is 2. The third-order valence-electron chi connectivity index (χ3n) is 3.97. The van der Waals surface area contributed by atoms with Gasteiger partial charge in [-0.25, -0.2) is 9.59 Å². The summed E-state index contributed by atoms with van der Waals surface area (Å²) in [5.74, 6) is -0.735. The molecule has 1 heterocycles. The number of aromatic amines is 1. The molecule has 1 aromatic heterocycles. The van der Waals surface area contributed by atoms with Crippen molar-refractivity contribution in [3.63, 3.8) is 0 Å². The van der Waals surface area contributed by atoms with E-state index < -0.39 is 23.3 Å². The van der Waals surface area contributed by atoms with Gasteiger partial charge >= 0.3 is 11.7 Å². The number of hydrogen-bond acceptors (Lipinski definition) is 6. The van der Waals surface area contributed by atoms with Crippen molar-refractivity contribution < 1.29 is 19.4 Å². The maximum absolute atomic E-state index is 12.5. The molecule has 3 rings (SSSR count). The monoisotopic (exact) mass is 383 g/mol. The van der Waals surface area contributed by atoms with E-state index in [1.165, 1.54) is 20.2 Å². The zero-order valence-corrected chi connectivity index (χ0v) is 15.1. The van der Waals surface area contributed by atoms with Crippen LogP contribution in [0.1, 0.15) is 12.5 Å². The molecule has 2 N–H and O–H groups in total. The molecule has 144 valence electrons. The maximum Gasteiger partial charge on any atom is 0.349 e. The van der Waals surface area contributed by atoms with Gasteiger partial charge in [-0.3, -0.25) is 4.79 Å². The topological polar surface area (TPSA) is 123 Å². The van der Waals surface area contributed by atoms with Gasteiger partial charge in [-0.05, 0) is 31.2 Å². The average molecular weight is 383 g/mol. The molecule has 0 spiro atoms. The second-order valence-electron chi connectivity index (χ2n) is 5.81. The third-order valence-corrected chi connectivity index (χ3v) is 3.97. The first-order valence-electron chi connectivity index (χ1n) is 8.27. The molecule has 3 aromatic rings. The van der Waals surface area contributed by atoms with E-state index in [2.05, 4.69) is 10.1 Å². The Balaban J connectivity index is 2.08. The average Bonchev–Trinajstić information content (AvgIpc) is 2.68. The molecule has 0 radical (unpaired) electrons. The molecule has 0 aliphatic heterocycles. The lowest BCUT2D eigenvalue weighted by molar-refractivity contribution is -0.144. The summed E-state index contributed by atoms with van der Waals surface area (Å²) < 4.78 is 11.4. The number of aromatic nitrogens is 2. The number of nitrogens with zero attached hydrogens (tertiary/aromatic N) is 2. The maximum atomic E-state index is 12.5. The molecule has 9 heteroatoms. The predicted molar refractivity (Wildman–Crippen MR) is 103 cm³/mol. The number of carboxylic acid groups (broad SMARTS) is 1. The summed E-state index contributed by atoms with van der Waals surface area (Å²) in [5.41, 5.74) is -0.541. The second kappa shape index (κ2) is 7.78. The van der Waals surface area contributed by atoms with Crippen molar-refractivity contribution in [2.45, 2.75) is 13.0 Å². The number of H-pyrrole nitrogens is 1. The van der Waals surface area contributed by atoms with E-state index in [0.717, 1.165) is 0 Å². The fraction of sp³-hybridized carbons (Fsp3) is 0.158. The zero-order chi connectivity index (χ0) is 20.3. The Hall–Kier alpha value is -3.88. The van der Waals surface area contributed by atoms with E-state index >= 15 is 0 Å². The summed E-state index contributed by atoms with van der Waals surface area (Å²) in [4.78, 5) is 38.4. The van der Waals surface area contributed by atoms with Crippen LogP contribution in [0.25, 0.3) is 10.9 Å². The van der Waals surface area contributed by atoms with E-state index in [0.29, 0.717) is 21.1 Å². The minimum atomic E-state index is -1.16. The van der Waals surface area contributed by atoms with Crippen molar-refractivity contribution in [3.05, 3.63) is 68.9 Å². The Bertz CT molecular complexity index is 1180. The highest BCUT2D eigenvalue weighted by molar-refractivity contribution is 5.85. The summed E-state index contributed by atoms with van der Waals surface area (Å²) in [7, 11) is 1.41. The van der Waals surface area contributed by atoms with E-state index in [-0.39, 0.29) is 11.5 Å². The first kappa shape index (κ1) is 18.9. The number of aliphatic carboxylic acids is 1. The molecule has 28 heavy (non-hydrogen) atoms. The normalized spacial score (nSPS) is 12.2. The number of methoxy groups -OCH3 is 1. The van der Waals surface area contributed by atoms with E-state index in [1.54, 1.807) is 42.5 Å². The molecular formula is C19H17N3O6. The van der Waals surface area contributed by atoms with Crippen LogP contribution in [0.4, 0.5) is 0 Å². The van der Waals surface area contributed by atoms with E-state index in [9.17, 15) is 14.4 Å². The highest BCUT2D eigenvalue weighted by atomic mass is 16.5. The lowest BCUT2D eigenvalue weighted by atomic mass is 10.2. The predicted octanol–water partition coefficient (Wildman–Crippen LogP) is 1.43. The van der Waals surface area contributed by atoms with Crippen molar-refractivity contribution in [2.75, 3.05) is 7.11 Å². The smallest absolute Gasteiger partial charge is 0.349 e. The Morgan fingerprint density at radius 3 is 2.68 bits per heavy atom. The molecule has 0 saturated carbocycles. The molecule has 2 aromatic carbocycles. The van der Waals surface area contributed by atoms with Crippen LogP contribution in [0.2, 0.25) is 0 Å². The largest absolute Gasteiger partial charge is 0.493 e. The summed E-state index contributed by atoms with van der Waals surface area (Å²) >= 11 is 0. The van der Waals surface area contributed by atoms with Gasteiger partial charge in [0.1, 0.15) is 0 Å². The van der Waals surface area contributed by atoms with E-state index in [4.69, 9.17) is 14.6 Å². The number of carbonyl (C=O) groups is 1. The molecule has 0 amide bonds. The van der Waals surface area contributed by atoms with Crippen molar-refractivity contribution in [3.8, 4) is 11.5 Å².